The van der Waals surface area contributed by atoms with Gasteiger partial charge in [0.1, 0.15) is 12.1 Å². The highest BCUT2D eigenvalue weighted by Gasteiger charge is 2.27. The second-order valence-corrected chi connectivity index (χ2v) is 8.34. The van der Waals surface area contributed by atoms with Gasteiger partial charge in [-0.1, -0.05) is 59.7 Å². The van der Waals surface area contributed by atoms with Crippen molar-refractivity contribution < 1.29 is 4.39 Å². The zero-order chi connectivity index (χ0) is 19.0. The maximum absolute atomic E-state index is 14.2. The van der Waals surface area contributed by atoms with Gasteiger partial charge in [0.2, 0.25) is 0 Å². The molecule has 0 fully saturated rings. The highest BCUT2D eigenvalue weighted by atomic mass is 19.1. The predicted octanol–water partition coefficient (Wildman–Crippen LogP) is 5.83. The van der Waals surface area contributed by atoms with E-state index in [9.17, 15) is 14.9 Å². The summed E-state index contributed by atoms with van der Waals surface area (Å²) in [5, 5.41) is 18.5. The van der Waals surface area contributed by atoms with Crippen molar-refractivity contribution in [2.75, 3.05) is 0 Å². The van der Waals surface area contributed by atoms with Crippen LogP contribution in [0.4, 0.5) is 4.39 Å². The highest BCUT2D eigenvalue weighted by Crippen LogP contribution is 2.41. The summed E-state index contributed by atoms with van der Waals surface area (Å²) in [5.74, 6) is -0.751. The van der Waals surface area contributed by atoms with Crippen molar-refractivity contribution in [3.05, 3.63) is 58.4 Å². The lowest BCUT2D eigenvalue weighted by Gasteiger charge is -2.30. The average molecular weight is 334 g/mol. The van der Waals surface area contributed by atoms with Gasteiger partial charge in [-0.25, -0.2) is 4.39 Å². The topological polar surface area (TPSA) is 47.6 Å². The summed E-state index contributed by atoms with van der Waals surface area (Å²) in [7, 11) is 0. The van der Waals surface area contributed by atoms with Gasteiger partial charge in [0.05, 0.1) is 11.1 Å². The van der Waals surface area contributed by atoms with E-state index in [1.165, 1.54) is 0 Å². The van der Waals surface area contributed by atoms with Gasteiger partial charge in [-0.05, 0) is 45.2 Å². The average Bonchev–Trinajstić information content (AvgIpc) is 2.52. The molecule has 3 heteroatoms. The third kappa shape index (κ3) is 3.57. The molecule has 0 aliphatic rings. The number of nitriles is 2. The normalized spacial score (nSPS) is 11.7. The first-order valence-corrected chi connectivity index (χ1v) is 8.28. The summed E-state index contributed by atoms with van der Waals surface area (Å²) in [5.41, 5.74) is 3.45. The molecule has 0 spiro atoms. The third-order valence-corrected chi connectivity index (χ3v) is 4.28. The second kappa shape index (κ2) is 6.34. The van der Waals surface area contributed by atoms with Crippen molar-refractivity contribution in [2.45, 2.75) is 52.4 Å². The SMILES string of the molecule is CC(C)(C)c1cccc(C(C)(C)C)c1-c1cc(C#N)c(F)c(C#N)c1. The minimum atomic E-state index is -0.751. The van der Waals surface area contributed by atoms with E-state index in [0.29, 0.717) is 5.56 Å². The second-order valence-electron chi connectivity index (χ2n) is 8.34. The van der Waals surface area contributed by atoms with Gasteiger partial charge in [0, 0.05) is 0 Å². The van der Waals surface area contributed by atoms with Crippen LogP contribution < -0.4 is 0 Å². The first kappa shape index (κ1) is 18.7. The summed E-state index contributed by atoms with van der Waals surface area (Å²) in [6.45, 7) is 12.7. The molecule has 0 atom stereocenters. The van der Waals surface area contributed by atoms with Gasteiger partial charge < -0.3 is 0 Å². The van der Waals surface area contributed by atoms with Crippen LogP contribution in [0.5, 0.6) is 0 Å². The molecule has 0 aromatic heterocycles. The lowest BCUT2D eigenvalue weighted by atomic mass is 9.74. The Morgan fingerprint density at radius 1 is 0.800 bits per heavy atom. The fraction of sp³-hybridized carbons (Fsp3) is 0.364. The molecule has 2 aromatic carbocycles. The van der Waals surface area contributed by atoms with Crippen molar-refractivity contribution in [3.63, 3.8) is 0 Å². The monoisotopic (exact) mass is 334 g/mol. The zero-order valence-corrected chi connectivity index (χ0v) is 15.7. The summed E-state index contributed by atoms with van der Waals surface area (Å²) in [6, 6.07) is 13.0. The number of rotatable bonds is 1. The maximum atomic E-state index is 14.2. The van der Waals surface area contributed by atoms with Crippen LogP contribution in [0.15, 0.2) is 30.3 Å². The molecule has 2 rings (SSSR count). The Balaban J connectivity index is 2.97. The highest BCUT2D eigenvalue weighted by molar-refractivity contribution is 5.76. The molecule has 0 aliphatic carbocycles. The Hall–Kier alpha value is -2.65. The summed E-state index contributed by atoms with van der Waals surface area (Å²) < 4.78 is 14.2. The quantitative estimate of drug-likeness (QED) is 0.658. The lowest BCUT2D eigenvalue weighted by molar-refractivity contribution is 0.571. The largest absolute Gasteiger partial charge is 0.204 e. The number of benzene rings is 2. The molecular formula is C22H23FN2. The Kier molecular flexibility index (Phi) is 4.74. The van der Waals surface area contributed by atoms with Crippen molar-refractivity contribution >= 4 is 0 Å². The summed E-state index contributed by atoms with van der Waals surface area (Å²) in [6.07, 6.45) is 0. The van der Waals surface area contributed by atoms with Crippen LogP contribution in [0.3, 0.4) is 0 Å². The van der Waals surface area contributed by atoms with Gasteiger partial charge in [0.25, 0.3) is 0 Å². The first-order chi connectivity index (χ1) is 11.5. The molecule has 0 saturated carbocycles. The summed E-state index contributed by atoms with van der Waals surface area (Å²) >= 11 is 0. The fourth-order valence-electron chi connectivity index (χ4n) is 3.04. The van der Waals surface area contributed by atoms with E-state index < -0.39 is 5.82 Å². The number of hydrogen-bond donors (Lipinski definition) is 0. The Labute approximate surface area is 149 Å². The number of halogens is 1. The van der Waals surface area contributed by atoms with Gasteiger partial charge in [-0.15, -0.1) is 0 Å². The van der Waals surface area contributed by atoms with Crippen LogP contribution in [0.2, 0.25) is 0 Å². The van der Waals surface area contributed by atoms with Crippen LogP contribution in [0, 0.1) is 28.5 Å². The van der Waals surface area contributed by atoms with E-state index >= 15 is 0 Å². The Morgan fingerprint density at radius 2 is 1.20 bits per heavy atom. The van der Waals surface area contributed by atoms with Crippen molar-refractivity contribution in [2.24, 2.45) is 0 Å². The third-order valence-electron chi connectivity index (χ3n) is 4.28. The van der Waals surface area contributed by atoms with Gasteiger partial charge in [0.15, 0.2) is 5.82 Å². The molecule has 0 heterocycles. The lowest BCUT2D eigenvalue weighted by Crippen LogP contribution is -2.19. The molecule has 2 aromatic rings. The predicted molar refractivity (Wildman–Crippen MR) is 98.7 cm³/mol. The molecular weight excluding hydrogens is 311 g/mol. The van der Waals surface area contributed by atoms with E-state index in [1.54, 1.807) is 12.1 Å². The number of nitrogens with zero attached hydrogens (tertiary/aromatic N) is 2. The van der Waals surface area contributed by atoms with Gasteiger partial charge in [-0.2, -0.15) is 10.5 Å². The van der Waals surface area contributed by atoms with Crippen molar-refractivity contribution in [1.82, 2.24) is 0 Å². The molecule has 0 aliphatic heterocycles. The van der Waals surface area contributed by atoms with E-state index in [4.69, 9.17) is 0 Å². The Morgan fingerprint density at radius 3 is 1.52 bits per heavy atom. The van der Waals surface area contributed by atoms with Crippen LogP contribution >= 0.6 is 0 Å². The standard InChI is InChI=1S/C22H23FN2/c1-21(2,3)17-8-7-9-18(22(4,5)6)19(17)14-10-15(12-24)20(23)16(11-14)13-25/h7-11H,1-6H3. The van der Waals surface area contributed by atoms with Crippen molar-refractivity contribution in [1.29, 1.82) is 10.5 Å². The molecule has 0 amide bonds. The van der Waals surface area contributed by atoms with Gasteiger partial charge in [-0.3, -0.25) is 0 Å². The first-order valence-electron chi connectivity index (χ1n) is 8.28. The molecule has 0 N–H and O–H groups in total. The fourth-order valence-corrected chi connectivity index (χ4v) is 3.04. The van der Waals surface area contributed by atoms with Crippen LogP contribution in [0.25, 0.3) is 11.1 Å². The Bertz CT molecular complexity index is 830. The molecule has 0 bridgehead atoms. The molecule has 2 nitrogen and oxygen atoms in total. The molecule has 0 unspecified atom stereocenters. The summed E-state index contributed by atoms with van der Waals surface area (Å²) in [4.78, 5) is 0. The van der Waals surface area contributed by atoms with E-state index in [1.807, 2.05) is 18.2 Å². The van der Waals surface area contributed by atoms with Crippen molar-refractivity contribution in [3.8, 4) is 23.3 Å². The number of hydrogen-bond acceptors (Lipinski definition) is 2. The zero-order valence-electron chi connectivity index (χ0n) is 15.7. The van der Waals surface area contributed by atoms with Crippen LogP contribution in [-0.4, -0.2) is 0 Å². The van der Waals surface area contributed by atoms with Gasteiger partial charge >= 0.3 is 0 Å². The van der Waals surface area contributed by atoms with Crippen LogP contribution in [-0.2, 0) is 10.8 Å². The van der Waals surface area contributed by atoms with Crippen LogP contribution in [0.1, 0.15) is 63.8 Å². The minimum absolute atomic E-state index is 0.0994. The van der Waals surface area contributed by atoms with E-state index in [-0.39, 0.29) is 22.0 Å². The minimum Gasteiger partial charge on any atom is -0.204 e. The molecule has 25 heavy (non-hydrogen) atoms. The molecule has 128 valence electrons. The van der Waals surface area contributed by atoms with E-state index in [0.717, 1.165) is 16.7 Å². The molecule has 0 radical (unpaired) electrons. The maximum Gasteiger partial charge on any atom is 0.158 e. The molecule has 0 saturated heterocycles. The smallest absolute Gasteiger partial charge is 0.158 e. The van der Waals surface area contributed by atoms with E-state index in [2.05, 4.69) is 53.7 Å².